The van der Waals surface area contributed by atoms with Crippen molar-refractivity contribution in [1.29, 1.82) is 0 Å². The predicted octanol–water partition coefficient (Wildman–Crippen LogP) is -1.05. The highest BCUT2D eigenvalue weighted by Crippen LogP contribution is 2.24. The van der Waals surface area contributed by atoms with Crippen LogP contribution >= 0.6 is 0 Å². The first-order valence-corrected chi connectivity index (χ1v) is 4.85. The minimum Gasteiger partial charge on any atom is -0.392 e. The van der Waals surface area contributed by atoms with E-state index in [1.165, 1.54) is 0 Å². The molecule has 0 atom stereocenters. The number of benzene rings is 1. The Kier molecular flexibility index (Phi) is 4.85. The van der Waals surface area contributed by atoms with Crippen LogP contribution < -0.4 is 0 Å². The van der Waals surface area contributed by atoms with E-state index in [-0.39, 0.29) is 33.0 Å². The highest BCUT2D eigenvalue weighted by atomic mass is 16.3. The van der Waals surface area contributed by atoms with Crippen LogP contribution in [0.2, 0.25) is 0 Å². The molecule has 16 heavy (non-hydrogen) atoms. The van der Waals surface area contributed by atoms with E-state index in [0.717, 1.165) is 0 Å². The molecular formula is C11H15O5. The van der Waals surface area contributed by atoms with Crippen molar-refractivity contribution in [2.75, 3.05) is 0 Å². The van der Waals surface area contributed by atoms with E-state index in [2.05, 4.69) is 6.07 Å². The van der Waals surface area contributed by atoms with E-state index < -0.39 is 0 Å². The largest absolute Gasteiger partial charge is 0.392 e. The molecule has 0 aliphatic rings. The van der Waals surface area contributed by atoms with E-state index in [9.17, 15) is 5.11 Å². The van der Waals surface area contributed by atoms with Crippen LogP contribution in [-0.4, -0.2) is 25.5 Å². The average Bonchev–Trinajstić information content (AvgIpc) is 2.35. The Balaban J connectivity index is 3.47. The number of aliphatic hydroxyl groups excluding tert-OH is 5. The van der Waals surface area contributed by atoms with E-state index in [4.69, 9.17) is 20.4 Å². The molecule has 0 heterocycles. The molecule has 1 aromatic carbocycles. The van der Waals surface area contributed by atoms with Crippen LogP contribution in [-0.2, 0) is 33.0 Å². The summed E-state index contributed by atoms with van der Waals surface area (Å²) in [7, 11) is 0. The Morgan fingerprint density at radius 3 is 1.19 bits per heavy atom. The van der Waals surface area contributed by atoms with Gasteiger partial charge in [-0.3, -0.25) is 0 Å². The third kappa shape index (κ3) is 2.23. The van der Waals surface area contributed by atoms with Gasteiger partial charge in [0.2, 0.25) is 0 Å². The summed E-state index contributed by atoms with van der Waals surface area (Å²) in [6, 6.07) is 2.73. The second kappa shape index (κ2) is 5.93. The average molecular weight is 227 g/mol. The topological polar surface area (TPSA) is 101 Å². The first-order valence-electron chi connectivity index (χ1n) is 4.85. The van der Waals surface area contributed by atoms with Gasteiger partial charge in [-0.1, -0.05) is 0 Å². The van der Waals surface area contributed by atoms with Crippen LogP contribution in [0.15, 0.2) is 0 Å². The van der Waals surface area contributed by atoms with E-state index in [1.807, 2.05) is 0 Å². The lowest BCUT2D eigenvalue weighted by Crippen LogP contribution is -2.09. The summed E-state index contributed by atoms with van der Waals surface area (Å²) in [5.74, 6) is 0. The van der Waals surface area contributed by atoms with Crippen LogP contribution in [0, 0.1) is 6.07 Å². The van der Waals surface area contributed by atoms with Crippen LogP contribution in [0.3, 0.4) is 0 Å². The lowest BCUT2D eigenvalue weighted by atomic mass is 9.92. The first-order chi connectivity index (χ1) is 7.73. The normalized spacial score (nSPS) is 10.8. The van der Waals surface area contributed by atoms with Crippen molar-refractivity contribution in [3.8, 4) is 0 Å². The second-order valence-corrected chi connectivity index (χ2v) is 3.31. The molecule has 5 nitrogen and oxygen atoms in total. The van der Waals surface area contributed by atoms with Crippen LogP contribution in [0.1, 0.15) is 27.8 Å². The zero-order valence-electron chi connectivity index (χ0n) is 8.77. The van der Waals surface area contributed by atoms with Gasteiger partial charge in [-0.2, -0.15) is 0 Å². The Morgan fingerprint density at radius 1 is 0.562 bits per heavy atom. The molecule has 0 spiro atoms. The molecule has 89 valence electrons. The summed E-state index contributed by atoms with van der Waals surface area (Å²) >= 11 is 0. The maximum absolute atomic E-state index is 9.20. The van der Waals surface area contributed by atoms with Gasteiger partial charge in [0.05, 0.1) is 33.0 Å². The molecular weight excluding hydrogens is 212 g/mol. The van der Waals surface area contributed by atoms with E-state index in [1.54, 1.807) is 0 Å². The fourth-order valence-corrected chi connectivity index (χ4v) is 1.72. The molecule has 5 N–H and O–H groups in total. The van der Waals surface area contributed by atoms with Crippen LogP contribution in [0.4, 0.5) is 0 Å². The molecule has 5 heteroatoms. The predicted molar refractivity (Wildman–Crippen MR) is 54.9 cm³/mol. The Morgan fingerprint density at radius 2 is 0.938 bits per heavy atom. The first kappa shape index (κ1) is 13.1. The Labute approximate surface area is 93.2 Å². The van der Waals surface area contributed by atoms with Gasteiger partial charge in [0, 0.05) is 0 Å². The minimum atomic E-state index is -0.375. The van der Waals surface area contributed by atoms with Crippen molar-refractivity contribution < 1.29 is 25.5 Å². The molecule has 0 amide bonds. The zero-order chi connectivity index (χ0) is 12.1. The minimum absolute atomic E-state index is 0.327. The van der Waals surface area contributed by atoms with Crippen molar-refractivity contribution >= 4 is 0 Å². The molecule has 0 fully saturated rings. The van der Waals surface area contributed by atoms with Crippen molar-refractivity contribution in [3.05, 3.63) is 33.9 Å². The van der Waals surface area contributed by atoms with Gasteiger partial charge in [0.1, 0.15) is 0 Å². The number of aliphatic hydroxyl groups is 5. The smallest absolute Gasteiger partial charge is 0.0691 e. The molecule has 1 aromatic rings. The standard InChI is InChI=1S/C11H15O5/c12-2-7-1-8(3-13)10(5-15)11(6-16)9(7)4-14/h12-16H,2-6H2. The fourth-order valence-electron chi connectivity index (χ4n) is 1.72. The van der Waals surface area contributed by atoms with E-state index >= 15 is 0 Å². The molecule has 0 unspecified atom stereocenters. The number of rotatable bonds is 5. The maximum atomic E-state index is 9.20. The van der Waals surface area contributed by atoms with Gasteiger partial charge >= 0.3 is 0 Å². The van der Waals surface area contributed by atoms with E-state index in [0.29, 0.717) is 27.8 Å². The van der Waals surface area contributed by atoms with Gasteiger partial charge in [-0.15, -0.1) is 0 Å². The fraction of sp³-hybridized carbons (Fsp3) is 0.455. The molecule has 0 aliphatic heterocycles. The summed E-state index contributed by atoms with van der Waals surface area (Å²) in [5.41, 5.74) is 1.70. The SMILES string of the molecule is OCc1[c]c(CO)c(CO)c(CO)c1CO. The third-order valence-electron chi connectivity index (χ3n) is 2.55. The van der Waals surface area contributed by atoms with Crippen molar-refractivity contribution in [3.63, 3.8) is 0 Å². The summed E-state index contributed by atoms with van der Waals surface area (Å²) in [6.45, 7) is -1.79. The van der Waals surface area contributed by atoms with Crippen LogP contribution in [0.5, 0.6) is 0 Å². The van der Waals surface area contributed by atoms with Gasteiger partial charge in [-0.05, 0) is 33.9 Å². The zero-order valence-corrected chi connectivity index (χ0v) is 8.77. The lowest BCUT2D eigenvalue weighted by molar-refractivity contribution is 0.232. The quantitative estimate of drug-likeness (QED) is 0.442. The molecule has 0 aromatic heterocycles. The summed E-state index contributed by atoms with van der Waals surface area (Å²) in [5, 5.41) is 45.7. The molecule has 0 saturated heterocycles. The third-order valence-corrected chi connectivity index (χ3v) is 2.55. The van der Waals surface area contributed by atoms with Crippen LogP contribution in [0.25, 0.3) is 0 Å². The number of hydrogen-bond acceptors (Lipinski definition) is 5. The highest BCUT2D eigenvalue weighted by molar-refractivity contribution is 5.44. The summed E-state index contributed by atoms with van der Waals surface area (Å²) in [6.07, 6.45) is 0. The summed E-state index contributed by atoms with van der Waals surface area (Å²) < 4.78 is 0. The molecule has 1 radical (unpaired) electrons. The molecule has 0 bridgehead atoms. The van der Waals surface area contributed by atoms with Gasteiger partial charge < -0.3 is 25.5 Å². The monoisotopic (exact) mass is 227 g/mol. The van der Waals surface area contributed by atoms with Crippen molar-refractivity contribution in [2.45, 2.75) is 33.0 Å². The summed E-state index contributed by atoms with van der Waals surface area (Å²) in [4.78, 5) is 0. The lowest BCUT2D eigenvalue weighted by Gasteiger charge is -2.17. The molecule has 1 rings (SSSR count). The molecule has 0 aliphatic carbocycles. The Bertz CT molecular complexity index is 332. The van der Waals surface area contributed by atoms with Gasteiger partial charge in [0.25, 0.3) is 0 Å². The van der Waals surface area contributed by atoms with Crippen molar-refractivity contribution in [2.24, 2.45) is 0 Å². The Hall–Kier alpha value is -0.980. The van der Waals surface area contributed by atoms with Gasteiger partial charge in [-0.25, -0.2) is 0 Å². The molecule has 0 saturated carbocycles. The maximum Gasteiger partial charge on any atom is 0.0691 e. The van der Waals surface area contributed by atoms with Crippen molar-refractivity contribution in [1.82, 2.24) is 0 Å². The number of hydrogen-bond donors (Lipinski definition) is 5. The highest BCUT2D eigenvalue weighted by Gasteiger charge is 2.16. The van der Waals surface area contributed by atoms with Gasteiger partial charge in [0.15, 0.2) is 0 Å². The second-order valence-electron chi connectivity index (χ2n) is 3.31.